The number of nitrogen functional groups attached to an aromatic ring is 1. The molecule has 0 radical (unpaired) electrons. The van der Waals surface area contributed by atoms with Crippen LogP contribution in [0.25, 0.3) is 0 Å². The fourth-order valence-electron chi connectivity index (χ4n) is 2.36. The summed E-state index contributed by atoms with van der Waals surface area (Å²) in [6.45, 7) is 1.45. The quantitative estimate of drug-likeness (QED) is 0.785. The molecule has 6 nitrogen and oxygen atoms in total. The fraction of sp³-hybridized carbons (Fsp3) is 0.500. The number of anilines is 1. The molecule has 9 heteroatoms. The van der Waals surface area contributed by atoms with Crippen molar-refractivity contribution in [3.05, 3.63) is 23.5 Å². The van der Waals surface area contributed by atoms with Gasteiger partial charge in [-0.3, -0.25) is 0 Å². The minimum absolute atomic E-state index is 0.0771. The van der Waals surface area contributed by atoms with E-state index in [-0.39, 0.29) is 27.7 Å². The van der Waals surface area contributed by atoms with Crippen molar-refractivity contribution in [3.63, 3.8) is 0 Å². The second kappa shape index (κ2) is 5.54. The molecule has 0 bridgehead atoms. The van der Waals surface area contributed by atoms with Crippen LogP contribution in [-0.2, 0) is 19.9 Å². The first-order chi connectivity index (χ1) is 9.61. The maximum absolute atomic E-state index is 13.3. The summed E-state index contributed by atoms with van der Waals surface area (Å²) in [5.74, 6) is -0.831. The average Bonchev–Trinajstić information content (AvgIpc) is 2.31. The van der Waals surface area contributed by atoms with Crippen LogP contribution in [0.5, 0.6) is 0 Å². The Bertz CT molecular complexity index is 760. The second-order valence-corrected chi connectivity index (χ2v) is 9.13. The topological polar surface area (TPSA) is 106 Å². The zero-order valence-corrected chi connectivity index (χ0v) is 13.1. The first-order valence-corrected chi connectivity index (χ1v) is 9.69. The van der Waals surface area contributed by atoms with Crippen LogP contribution in [0.2, 0.25) is 0 Å². The Morgan fingerprint density at radius 3 is 2.67 bits per heavy atom. The van der Waals surface area contributed by atoms with Crippen LogP contribution in [0.4, 0.5) is 10.1 Å². The second-order valence-electron chi connectivity index (χ2n) is 5.21. The van der Waals surface area contributed by atoms with E-state index < -0.39 is 31.7 Å². The molecule has 0 aromatic heterocycles. The van der Waals surface area contributed by atoms with E-state index in [0.717, 1.165) is 12.1 Å². The van der Waals surface area contributed by atoms with Crippen molar-refractivity contribution >= 4 is 25.5 Å². The number of hydrogen-bond acceptors (Lipinski definition) is 5. The van der Waals surface area contributed by atoms with Crippen molar-refractivity contribution in [2.24, 2.45) is 0 Å². The SMILES string of the molecule is Cc1cc(F)c(N)cc1S(=O)(=O)NC1CCCS(=O)(=O)C1. The molecule has 0 aliphatic carbocycles. The largest absolute Gasteiger partial charge is 0.396 e. The number of aryl methyl sites for hydroxylation is 1. The number of sulfonamides is 1. The van der Waals surface area contributed by atoms with Gasteiger partial charge < -0.3 is 5.73 Å². The first kappa shape index (κ1) is 16.2. The molecule has 0 amide bonds. The van der Waals surface area contributed by atoms with Gasteiger partial charge in [0.25, 0.3) is 0 Å². The van der Waals surface area contributed by atoms with Crippen molar-refractivity contribution < 1.29 is 21.2 Å². The minimum atomic E-state index is -3.94. The van der Waals surface area contributed by atoms with Crippen LogP contribution >= 0.6 is 0 Å². The Kier molecular flexibility index (Phi) is 4.27. The summed E-state index contributed by atoms with van der Waals surface area (Å²) in [7, 11) is -7.16. The molecular weight excluding hydrogens is 319 g/mol. The van der Waals surface area contributed by atoms with Crippen LogP contribution in [0.1, 0.15) is 18.4 Å². The van der Waals surface area contributed by atoms with Gasteiger partial charge in [-0.15, -0.1) is 0 Å². The molecule has 118 valence electrons. The van der Waals surface area contributed by atoms with Gasteiger partial charge in [0.2, 0.25) is 10.0 Å². The molecule has 1 aromatic rings. The third kappa shape index (κ3) is 3.72. The molecule has 1 fully saturated rings. The lowest BCUT2D eigenvalue weighted by molar-refractivity contribution is 0.517. The minimum Gasteiger partial charge on any atom is -0.396 e. The molecule has 0 spiro atoms. The predicted octanol–water partition coefficient (Wildman–Crippen LogP) is 0.572. The van der Waals surface area contributed by atoms with Crippen molar-refractivity contribution in [2.75, 3.05) is 17.2 Å². The highest BCUT2D eigenvalue weighted by Crippen LogP contribution is 2.23. The van der Waals surface area contributed by atoms with Crippen LogP contribution in [0.15, 0.2) is 17.0 Å². The standard InChI is InChI=1S/C12H17FN2O4S2/c1-8-5-10(13)11(14)6-12(8)21(18,19)15-9-3-2-4-20(16,17)7-9/h5-6,9,15H,2-4,7,14H2,1H3. The van der Waals surface area contributed by atoms with E-state index in [9.17, 15) is 21.2 Å². The Balaban J connectivity index is 2.29. The number of halogens is 1. The maximum Gasteiger partial charge on any atom is 0.241 e. The zero-order chi connectivity index (χ0) is 15.8. The highest BCUT2D eigenvalue weighted by atomic mass is 32.2. The fourth-order valence-corrected chi connectivity index (χ4v) is 5.63. The van der Waals surface area contributed by atoms with Crippen LogP contribution in [-0.4, -0.2) is 34.4 Å². The molecule has 1 unspecified atom stereocenters. The molecule has 0 saturated carbocycles. The van der Waals surface area contributed by atoms with E-state index in [1.54, 1.807) is 0 Å². The summed E-state index contributed by atoms with van der Waals surface area (Å²) in [6, 6.07) is 1.42. The summed E-state index contributed by atoms with van der Waals surface area (Å²) in [4.78, 5) is -0.135. The van der Waals surface area contributed by atoms with E-state index in [1.807, 2.05) is 0 Å². The van der Waals surface area contributed by atoms with Gasteiger partial charge in [0.05, 0.1) is 22.1 Å². The first-order valence-electron chi connectivity index (χ1n) is 6.39. The van der Waals surface area contributed by atoms with Gasteiger partial charge >= 0.3 is 0 Å². The number of benzene rings is 1. The third-order valence-electron chi connectivity index (χ3n) is 3.37. The van der Waals surface area contributed by atoms with E-state index >= 15 is 0 Å². The highest BCUT2D eigenvalue weighted by Gasteiger charge is 2.29. The van der Waals surface area contributed by atoms with Gasteiger partial charge in [0, 0.05) is 6.04 Å². The predicted molar refractivity (Wildman–Crippen MR) is 77.5 cm³/mol. The molecule has 21 heavy (non-hydrogen) atoms. The zero-order valence-electron chi connectivity index (χ0n) is 11.5. The van der Waals surface area contributed by atoms with Gasteiger partial charge in [-0.25, -0.2) is 25.9 Å². The Morgan fingerprint density at radius 1 is 1.38 bits per heavy atom. The molecule has 1 aliphatic rings. The number of hydrogen-bond donors (Lipinski definition) is 2. The highest BCUT2D eigenvalue weighted by molar-refractivity contribution is 7.91. The lowest BCUT2D eigenvalue weighted by Crippen LogP contribution is -2.43. The molecule has 1 aliphatic heterocycles. The lowest BCUT2D eigenvalue weighted by Gasteiger charge is -2.23. The molecule has 1 heterocycles. The van der Waals surface area contributed by atoms with Crippen molar-refractivity contribution in [1.82, 2.24) is 4.72 Å². The van der Waals surface area contributed by atoms with Gasteiger partial charge in [-0.2, -0.15) is 0 Å². The number of nitrogens with one attached hydrogen (secondary N) is 1. The van der Waals surface area contributed by atoms with Crippen molar-refractivity contribution in [1.29, 1.82) is 0 Å². The molecule has 1 saturated heterocycles. The van der Waals surface area contributed by atoms with Crippen LogP contribution < -0.4 is 10.5 Å². The normalized spacial score (nSPS) is 22.1. The van der Waals surface area contributed by atoms with Gasteiger partial charge in [0.15, 0.2) is 9.84 Å². The summed E-state index contributed by atoms with van der Waals surface area (Å²) in [5, 5.41) is 0. The summed E-state index contributed by atoms with van der Waals surface area (Å²) < 4.78 is 63.4. The van der Waals surface area contributed by atoms with Crippen LogP contribution in [0, 0.1) is 12.7 Å². The molecule has 1 atom stereocenters. The van der Waals surface area contributed by atoms with Gasteiger partial charge in [-0.1, -0.05) is 0 Å². The summed E-state index contributed by atoms with van der Waals surface area (Å²) in [6.07, 6.45) is 0.869. The van der Waals surface area contributed by atoms with Gasteiger partial charge in [-0.05, 0) is 37.5 Å². The van der Waals surface area contributed by atoms with E-state index in [2.05, 4.69) is 4.72 Å². The van der Waals surface area contributed by atoms with Crippen LogP contribution in [0.3, 0.4) is 0 Å². The number of sulfone groups is 1. The van der Waals surface area contributed by atoms with E-state index in [0.29, 0.717) is 12.8 Å². The smallest absolute Gasteiger partial charge is 0.241 e. The van der Waals surface area contributed by atoms with Crippen molar-refractivity contribution in [3.8, 4) is 0 Å². The third-order valence-corrected chi connectivity index (χ3v) is 6.85. The molecule has 2 rings (SSSR count). The maximum atomic E-state index is 13.3. The molecule has 1 aromatic carbocycles. The van der Waals surface area contributed by atoms with E-state index in [4.69, 9.17) is 5.73 Å². The summed E-state index contributed by atoms with van der Waals surface area (Å²) in [5.41, 5.74) is 5.35. The molecule has 3 N–H and O–H groups in total. The monoisotopic (exact) mass is 336 g/mol. The number of nitrogens with two attached hydrogens (primary N) is 1. The average molecular weight is 336 g/mol. The van der Waals surface area contributed by atoms with E-state index in [1.165, 1.54) is 6.92 Å². The Morgan fingerprint density at radius 2 is 2.05 bits per heavy atom. The number of rotatable bonds is 3. The van der Waals surface area contributed by atoms with Gasteiger partial charge in [0.1, 0.15) is 5.82 Å². The Labute approximate surface area is 123 Å². The lowest BCUT2D eigenvalue weighted by atomic mass is 10.2. The Hall–Kier alpha value is -1.19. The van der Waals surface area contributed by atoms with Crippen molar-refractivity contribution in [2.45, 2.75) is 30.7 Å². The molecular formula is C12H17FN2O4S2. The summed E-state index contributed by atoms with van der Waals surface area (Å²) >= 11 is 0.